The lowest BCUT2D eigenvalue weighted by molar-refractivity contribution is 0.122. The Labute approximate surface area is 174 Å². The molecule has 0 spiro atoms. The summed E-state index contributed by atoms with van der Waals surface area (Å²) < 4.78 is 10.8. The SMILES string of the molecule is CCNC(=NCc1ccc(N2CCOCC2)cc1)NCCCOCC.I. The van der Waals surface area contributed by atoms with Crippen LogP contribution in [-0.2, 0) is 16.0 Å². The molecular formula is C19H33IN4O2. The van der Waals surface area contributed by atoms with Gasteiger partial charge in [0.2, 0.25) is 0 Å². The summed E-state index contributed by atoms with van der Waals surface area (Å²) in [6.45, 7) is 11.6. The van der Waals surface area contributed by atoms with Crippen molar-refractivity contribution < 1.29 is 9.47 Å². The van der Waals surface area contributed by atoms with Crippen molar-refractivity contribution in [2.24, 2.45) is 4.99 Å². The van der Waals surface area contributed by atoms with Gasteiger partial charge in [-0.25, -0.2) is 4.99 Å². The first kappa shape index (κ1) is 23.0. The van der Waals surface area contributed by atoms with E-state index in [2.05, 4.69) is 51.7 Å². The molecular weight excluding hydrogens is 443 g/mol. The van der Waals surface area contributed by atoms with E-state index in [9.17, 15) is 0 Å². The normalized spacial score (nSPS) is 14.7. The van der Waals surface area contributed by atoms with Gasteiger partial charge in [-0.3, -0.25) is 0 Å². The second-order valence-corrected chi connectivity index (χ2v) is 5.94. The van der Waals surface area contributed by atoms with Crippen LogP contribution in [-0.4, -0.2) is 58.6 Å². The van der Waals surface area contributed by atoms with Gasteiger partial charge in [-0.1, -0.05) is 12.1 Å². The predicted molar refractivity (Wildman–Crippen MR) is 119 cm³/mol. The lowest BCUT2D eigenvalue weighted by Gasteiger charge is -2.28. The Hall–Kier alpha value is -1.06. The number of anilines is 1. The van der Waals surface area contributed by atoms with E-state index in [0.717, 1.165) is 65.0 Å². The van der Waals surface area contributed by atoms with Crippen LogP contribution < -0.4 is 15.5 Å². The molecule has 0 amide bonds. The smallest absolute Gasteiger partial charge is 0.191 e. The molecule has 148 valence electrons. The third kappa shape index (κ3) is 8.55. The van der Waals surface area contributed by atoms with Crippen molar-refractivity contribution in [3.63, 3.8) is 0 Å². The molecule has 0 atom stereocenters. The molecule has 0 radical (unpaired) electrons. The molecule has 1 heterocycles. The summed E-state index contributed by atoms with van der Waals surface area (Å²) >= 11 is 0. The molecule has 2 rings (SSSR count). The number of halogens is 1. The highest BCUT2D eigenvalue weighted by Gasteiger charge is 2.10. The Morgan fingerprint density at radius 1 is 1.15 bits per heavy atom. The number of hydrogen-bond donors (Lipinski definition) is 2. The third-order valence-electron chi connectivity index (χ3n) is 4.04. The van der Waals surface area contributed by atoms with Crippen molar-refractivity contribution in [3.8, 4) is 0 Å². The number of benzene rings is 1. The van der Waals surface area contributed by atoms with Crippen LogP contribution >= 0.6 is 24.0 Å². The highest BCUT2D eigenvalue weighted by atomic mass is 127. The van der Waals surface area contributed by atoms with Crippen LogP contribution in [0.4, 0.5) is 5.69 Å². The molecule has 6 nitrogen and oxygen atoms in total. The van der Waals surface area contributed by atoms with E-state index in [1.807, 2.05) is 6.92 Å². The fourth-order valence-corrected chi connectivity index (χ4v) is 2.67. The average Bonchev–Trinajstić information content (AvgIpc) is 2.67. The highest BCUT2D eigenvalue weighted by Crippen LogP contribution is 2.17. The molecule has 2 N–H and O–H groups in total. The highest BCUT2D eigenvalue weighted by molar-refractivity contribution is 14.0. The maximum Gasteiger partial charge on any atom is 0.191 e. The Balaban J connectivity index is 0.00000338. The molecule has 1 aliphatic rings. The third-order valence-corrected chi connectivity index (χ3v) is 4.04. The standard InChI is InChI=1S/C19H32N4O2.HI/c1-3-20-19(21-10-5-13-24-4-2)22-16-17-6-8-18(9-7-17)23-11-14-25-15-12-23;/h6-9H,3-5,10-16H2,1-2H3,(H2,20,21,22);1H. The van der Waals surface area contributed by atoms with Gasteiger partial charge in [0.05, 0.1) is 19.8 Å². The number of aliphatic imine (C=N–C) groups is 1. The molecule has 7 heteroatoms. The van der Waals surface area contributed by atoms with E-state index in [1.54, 1.807) is 0 Å². The van der Waals surface area contributed by atoms with Crippen LogP contribution in [0, 0.1) is 0 Å². The Kier molecular flexibility index (Phi) is 12.4. The van der Waals surface area contributed by atoms with Gasteiger partial charge in [-0.2, -0.15) is 0 Å². The van der Waals surface area contributed by atoms with Gasteiger partial charge in [0.15, 0.2) is 5.96 Å². The van der Waals surface area contributed by atoms with Crippen molar-refractivity contribution in [1.29, 1.82) is 0 Å². The molecule has 1 aliphatic heterocycles. The molecule has 1 saturated heterocycles. The maximum absolute atomic E-state index is 5.41. The van der Waals surface area contributed by atoms with Crippen LogP contribution in [0.1, 0.15) is 25.8 Å². The van der Waals surface area contributed by atoms with Crippen molar-refractivity contribution in [2.75, 3.05) is 57.5 Å². The van der Waals surface area contributed by atoms with Crippen LogP contribution in [0.3, 0.4) is 0 Å². The lowest BCUT2D eigenvalue weighted by atomic mass is 10.2. The largest absolute Gasteiger partial charge is 0.382 e. The summed E-state index contributed by atoms with van der Waals surface area (Å²) in [5.74, 6) is 0.858. The molecule has 26 heavy (non-hydrogen) atoms. The number of hydrogen-bond acceptors (Lipinski definition) is 4. The van der Waals surface area contributed by atoms with E-state index in [-0.39, 0.29) is 24.0 Å². The van der Waals surface area contributed by atoms with E-state index >= 15 is 0 Å². The van der Waals surface area contributed by atoms with Gasteiger partial charge < -0.3 is 25.0 Å². The zero-order valence-electron chi connectivity index (χ0n) is 16.0. The number of nitrogens with one attached hydrogen (secondary N) is 2. The second kappa shape index (κ2) is 14.1. The summed E-state index contributed by atoms with van der Waals surface area (Å²) in [6, 6.07) is 8.68. The van der Waals surface area contributed by atoms with Gasteiger partial charge in [0.1, 0.15) is 0 Å². The molecule has 1 fully saturated rings. The van der Waals surface area contributed by atoms with E-state index in [4.69, 9.17) is 9.47 Å². The number of ether oxygens (including phenoxy) is 2. The van der Waals surface area contributed by atoms with Gasteiger partial charge >= 0.3 is 0 Å². The quantitative estimate of drug-likeness (QED) is 0.249. The van der Waals surface area contributed by atoms with Crippen molar-refractivity contribution in [1.82, 2.24) is 10.6 Å². The summed E-state index contributed by atoms with van der Waals surface area (Å²) in [5, 5.41) is 6.63. The number of morpholine rings is 1. The predicted octanol–water partition coefficient (Wildman–Crippen LogP) is 2.62. The molecule has 0 aliphatic carbocycles. The molecule has 1 aromatic carbocycles. The van der Waals surface area contributed by atoms with E-state index < -0.39 is 0 Å². The summed E-state index contributed by atoms with van der Waals surface area (Å²) in [5.41, 5.74) is 2.47. The van der Waals surface area contributed by atoms with Gasteiger partial charge in [-0.15, -0.1) is 24.0 Å². The summed E-state index contributed by atoms with van der Waals surface area (Å²) in [6.07, 6.45) is 0.979. The first-order valence-electron chi connectivity index (χ1n) is 9.35. The van der Waals surface area contributed by atoms with Gasteiger partial charge in [0, 0.05) is 45.1 Å². The number of guanidine groups is 1. The zero-order valence-corrected chi connectivity index (χ0v) is 18.3. The van der Waals surface area contributed by atoms with Gasteiger partial charge in [-0.05, 0) is 38.0 Å². The van der Waals surface area contributed by atoms with Crippen LogP contribution in [0.25, 0.3) is 0 Å². The van der Waals surface area contributed by atoms with E-state index in [1.165, 1.54) is 11.3 Å². The summed E-state index contributed by atoms with van der Waals surface area (Å²) in [4.78, 5) is 7.03. The maximum atomic E-state index is 5.41. The Bertz CT molecular complexity index is 505. The zero-order chi connectivity index (χ0) is 17.7. The van der Waals surface area contributed by atoms with Crippen LogP contribution in [0.15, 0.2) is 29.3 Å². The fourth-order valence-electron chi connectivity index (χ4n) is 2.67. The number of rotatable bonds is 9. The van der Waals surface area contributed by atoms with Gasteiger partial charge in [0.25, 0.3) is 0 Å². The molecule has 0 aromatic heterocycles. The Morgan fingerprint density at radius 2 is 1.88 bits per heavy atom. The topological polar surface area (TPSA) is 58.1 Å². The van der Waals surface area contributed by atoms with Crippen molar-refractivity contribution in [2.45, 2.75) is 26.8 Å². The second-order valence-electron chi connectivity index (χ2n) is 5.94. The van der Waals surface area contributed by atoms with E-state index in [0.29, 0.717) is 6.54 Å². The monoisotopic (exact) mass is 476 g/mol. The average molecular weight is 476 g/mol. The molecule has 0 bridgehead atoms. The number of nitrogens with zero attached hydrogens (tertiary/aromatic N) is 2. The Morgan fingerprint density at radius 3 is 2.54 bits per heavy atom. The van der Waals surface area contributed by atoms with Crippen LogP contribution in [0.2, 0.25) is 0 Å². The fraction of sp³-hybridized carbons (Fsp3) is 0.632. The first-order chi connectivity index (χ1) is 12.3. The minimum atomic E-state index is 0. The first-order valence-corrected chi connectivity index (χ1v) is 9.35. The van der Waals surface area contributed by atoms with Crippen molar-refractivity contribution in [3.05, 3.63) is 29.8 Å². The summed E-state index contributed by atoms with van der Waals surface area (Å²) in [7, 11) is 0. The molecule has 1 aromatic rings. The minimum absolute atomic E-state index is 0. The lowest BCUT2D eigenvalue weighted by Crippen LogP contribution is -2.38. The molecule has 0 unspecified atom stereocenters. The minimum Gasteiger partial charge on any atom is -0.382 e. The van der Waals surface area contributed by atoms with Crippen LogP contribution in [0.5, 0.6) is 0 Å². The molecule has 0 saturated carbocycles. The van der Waals surface area contributed by atoms with Crippen molar-refractivity contribution >= 4 is 35.6 Å².